The van der Waals surface area contributed by atoms with Gasteiger partial charge in [-0.15, -0.1) is 0 Å². The number of fused-ring (bicyclic) bond motifs is 3. The summed E-state index contributed by atoms with van der Waals surface area (Å²) in [6.45, 7) is 2.70. The van der Waals surface area contributed by atoms with Crippen molar-refractivity contribution >= 4 is 17.4 Å². The molecular formula is C22H24F6N6O3. The molecule has 1 amide bonds. The van der Waals surface area contributed by atoms with Crippen LogP contribution in [-0.4, -0.2) is 70.9 Å². The number of piperazine rings is 1. The number of anilines is 2. The maximum absolute atomic E-state index is 13.1. The fourth-order valence-corrected chi connectivity index (χ4v) is 4.53. The van der Waals surface area contributed by atoms with Crippen LogP contribution in [0.4, 0.5) is 37.8 Å². The quantitative estimate of drug-likeness (QED) is 0.416. The first-order valence-corrected chi connectivity index (χ1v) is 11.4. The highest BCUT2D eigenvalue weighted by molar-refractivity contribution is 5.77. The molecule has 2 aliphatic rings. The van der Waals surface area contributed by atoms with Crippen LogP contribution < -0.4 is 15.8 Å². The molecule has 1 fully saturated rings. The maximum Gasteiger partial charge on any atom is 0.423 e. The van der Waals surface area contributed by atoms with Crippen molar-refractivity contribution in [2.45, 2.75) is 44.2 Å². The van der Waals surface area contributed by atoms with Gasteiger partial charge in [-0.1, -0.05) is 0 Å². The van der Waals surface area contributed by atoms with Crippen LogP contribution in [-0.2, 0) is 28.3 Å². The SMILES string of the molecule is C[C@@H](COCCC(=O)N1CCN2c3ncc(C(F)(F)F)cc3CC2C1)Nc1cn[nH]c(=O)c1C(F)(F)F. The molecule has 0 saturated carbocycles. The first-order chi connectivity index (χ1) is 17.3. The second kappa shape index (κ2) is 10.2. The summed E-state index contributed by atoms with van der Waals surface area (Å²) < 4.78 is 83.9. The van der Waals surface area contributed by atoms with Gasteiger partial charge in [0, 0.05) is 31.9 Å². The molecule has 202 valence electrons. The zero-order valence-electron chi connectivity index (χ0n) is 19.6. The van der Waals surface area contributed by atoms with Crippen molar-refractivity contribution in [3.05, 3.63) is 45.5 Å². The maximum atomic E-state index is 13.1. The first kappa shape index (κ1) is 26.7. The van der Waals surface area contributed by atoms with Crippen molar-refractivity contribution in [3.8, 4) is 0 Å². The average molecular weight is 534 g/mol. The number of halogens is 6. The monoisotopic (exact) mass is 534 g/mol. The Morgan fingerprint density at radius 2 is 1.97 bits per heavy atom. The van der Waals surface area contributed by atoms with Crippen molar-refractivity contribution in [1.29, 1.82) is 0 Å². The highest BCUT2D eigenvalue weighted by Crippen LogP contribution is 2.37. The predicted molar refractivity (Wildman–Crippen MR) is 119 cm³/mol. The summed E-state index contributed by atoms with van der Waals surface area (Å²) in [5.41, 5.74) is -3.52. The van der Waals surface area contributed by atoms with E-state index in [1.165, 1.54) is 0 Å². The number of carbonyl (C=O) groups is 1. The number of aromatic nitrogens is 3. The number of ether oxygens (including phenoxy) is 1. The van der Waals surface area contributed by atoms with Crippen LogP contribution in [0.1, 0.15) is 30.0 Å². The third kappa shape index (κ3) is 5.97. The Morgan fingerprint density at radius 1 is 1.22 bits per heavy atom. The van der Waals surface area contributed by atoms with Gasteiger partial charge < -0.3 is 19.9 Å². The van der Waals surface area contributed by atoms with Crippen LogP contribution in [0.2, 0.25) is 0 Å². The minimum atomic E-state index is -4.87. The van der Waals surface area contributed by atoms with Crippen LogP contribution >= 0.6 is 0 Å². The molecule has 0 aromatic carbocycles. The number of nitrogens with zero attached hydrogens (tertiary/aromatic N) is 4. The number of alkyl halides is 6. The number of amides is 1. The fourth-order valence-electron chi connectivity index (χ4n) is 4.53. The number of nitrogens with one attached hydrogen (secondary N) is 2. The van der Waals surface area contributed by atoms with E-state index < -0.39 is 40.8 Å². The number of H-pyrrole nitrogens is 1. The smallest absolute Gasteiger partial charge is 0.379 e. The molecule has 1 unspecified atom stereocenters. The Labute approximate surface area is 206 Å². The normalized spacial score (nSPS) is 18.4. The second-order valence-electron chi connectivity index (χ2n) is 8.95. The molecule has 4 rings (SSSR count). The highest BCUT2D eigenvalue weighted by atomic mass is 19.4. The van der Waals surface area contributed by atoms with Gasteiger partial charge in [0.05, 0.1) is 43.1 Å². The van der Waals surface area contributed by atoms with Crippen LogP contribution in [0.15, 0.2) is 23.3 Å². The van der Waals surface area contributed by atoms with Gasteiger partial charge >= 0.3 is 12.4 Å². The third-order valence-electron chi connectivity index (χ3n) is 6.20. The van der Waals surface area contributed by atoms with E-state index in [-0.39, 0.29) is 31.6 Å². The van der Waals surface area contributed by atoms with Crippen molar-refractivity contribution in [3.63, 3.8) is 0 Å². The Balaban J connectivity index is 1.24. The van der Waals surface area contributed by atoms with Gasteiger partial charge in [-0.2, -0.15) is 31.4 Å². The number of hydrogen-bond acceptors (Lipinski definition) is 7. The summed E-state index contributed by atoms with van der Waals surface area (Å²) in [4.78, 5) is 31.7. The molecule has 4 heterocycles. The Hall–Kier alpha value is -3.36. The van der Waals surface area contributed by atoms with Crippen molar-refractivity contribution in [2.24, 2.45) is 0 Å². The first-order valence-electron chi connectivity index (χ1n) is 11.4. The molecule has 0 bridgehead atoms. The molecule has 9 nitrogen and oxygen atoms in total. The number of pyridine rings is 1. The molecule has 0 spiro atoms. The molecule has 2 aromatic heterocycles. The van der Waals surface area contributed by atoms with Crippen LogP contribution in [0.3, 0.4) is 0 Å². The van der Waals surface area contributed by atoms with Gasteiger partial charge in [0.2, 0.25) is 5.91 Å². The van der Waals surface area contributed by atoms with Gasteiger partial charge in [0.25, 0.3) is 5.56 Å². The molecule has 2 N–H and O–H groups in total. The van der Waals surface area contributed by atoms with E-state index in [0.717, 1.165) is 18.5 Å². The molecule has 0 aliphatic carbocycles. The fraction of sp³-hybridized carbons (Fsp3) is 0.545. The molecule has 0 radical (unpaired) electrons. The number of carbonyl (C=O) groups excluding carboxylic acids is 1. The highest BCUT2D eigenvalue weighted by Gasteiger charge is 2.39. The number of rotatable bonds is 7. The summed E-state index contributed by atoms with van der Waals surface area (Å²) in [6, 6.07) is 0.323. The van der Waals surface area contributed by atoms with Crippen LogP contribution in [0, 0.1) is 0 Å². The van der Waals surface area contributed by atoms with Crippen LogP contribution in [0.25, 0.3) is 0 Å². The molecule has 37 heavy (non-hydrogen) atoms. The summed E-state index contributed by atoms with van der Waals surface area (Å²) in [6.07, 6.45) is -7.27. The molecule has 1 saturated heterocycles. The summed E-state index contributed by atoms with van der Waals surface area (Å²) in [5, 5.41) is 7.69. The minimum absolute atomic E-state index is 0.0200. The standard InChI is InChI=1S/C22H24F6N6O3/c1-12(31-16-9-30-32-20(36)18(16)22(26,27)28)11-37-5-2-17(35)33-3-4-34-15(10-33)7-13-6-14(21(23,24)25)8-29-19(13)34/h6,8-9,12,15H,2-5,7,10-11H2,1H3,(H2,31,32,36)/t12-,15?/m0/s1. The molecule has 2 aliphatic heterocycles. The van der Waals surface area contributed by atoms with E-state index in [1.807, 2.05) is 4.90 Å². The van der Waals surface area contributed by atoms with Gasteiger partial charge in [0.15, 0.2) is 0 Å². The van der Waals surface area contributed by atoms with Crippen LogP contribution in [0.5, 0.6) is 0 Å². The third-order valence-corrected chi connectivity index (χ3v) is 6.20. The van der Waals surface area contributed by atoms with E-state index in [1.54, 1.807) is 16.9 Å². The van der Waals surface area contributed by atoms with E-state index in [0.29, 0.717) is 37.4 Å². The Morgan fingerprint density at radius 3 is 2.68 bits per heavy atom. The lowest BCUT2D eigenvalue weighted by atomic mass is 10.1. The molecule has 2 atom stereocenters. The summed E-state index contributed by atoms with van der Waals surface area (Å²) >= 11 is 0. The lowest BCUT2D eigenvalue weighted by Crippen LogP contribution is -2.53. The molecule has 2 aromatic rings. The summed E-state index contributed by atoms with van der Waals surface area (Å²) in [7, 11) is 0. The van der Waals surface area contributed by atoms with Crippen molar-refractivity contribution in [2.75, 3.05) is 43.1 Å². The minimum Gasteiger partial charge on any atom is -0.379 e. The average Bonchev–Trinajstić information content (AvgIpc) is 3.17. The molecular weight excluding hydrogens is 510 g/mol. The lowest BCUT2D eigenvalue weighted by Gasteiger charge is -2.38. The summed E-state index contributed by atoms with van der Waals surface area (Å²) in [5.74, 6) is 0.317. The second-order valence-corrected chi connectivity index (χ2v) is 8.95. The lowest BCUT2D eigenvalue weighted by molar-refractivity contribution is -0.138. The van der Waals surface area contributed by atoms with E-state index >= 15 is 0 Å². The van der Waals surface area contributed by atoms with E-state index in [9.17, 15) is 35.9 Å². The van der Waals surface area contributed by atoms with E-state index in [2.05, 4.69) is 15.4 Å². The Kier molecular flexibility index (Phi) is 7.35. The zero-order valence-corrected chi connectivity index (χ0v) is 19.6. The van der Waals surface area contributed by atoms with Gasteiger partial charge in [-0.05, 0) is 25.0 Å². The Bertz CT molecular complexity index is 1200. The topological polar surface area (TPSA) is 103 Å². The number of aromatic amines is 1. The number of hydrogen-bond donors (Lipinski definition) is 2. The largest absolute Gasteiger partial charge is 0.423 e. The van der Waals surface area contributed by atoms with Gasteiger partial charge in [0.1, 0.15) is 11.4 Å². The van der Waals surface area contributed by atoms with Crippen molar-refractivity contribution < 1.29 is 35.9 Å². The van der Waals surface area contributed by atoms with Crippen molar-refractivity contribution in [1.82, 2.24) is 20.1 Å². The predicted octanol–water partition coefficient (Wildman–Crippen LogP) is 2.68. The van der Waals surface area contributed by atoms with E-state index in [4.69, 9.17) is 4.74 Å². The van der Waals surface area contributed by atoms with Gasteiger partial charge in [-0.25, -0.2) is 10.1 Å². The van der Waals surface area contributed by atoms with Gasteiger partial charge in [-0.3, -0.25) is 9.59 Å². The molecule has 15 heteroatoms. The zero-order chi connectivity index (χ0) is 27.0.